The van der Waals surface area contributed by atoms with Gasteiger partial charge >= 0.3 is 0 Å². The van der Waals surface area contributed by atoms with Crippen molar-refractivity contribution in [1.82, 2.24) is 5.32 Å². The molecular formula is C17H19F2N. The third-order valence-electron chi connectivity index (χ3n) is 3.61. The Balaban J connectivity index is 2.04. The number of nitrogens with one attached hydrogen (secondary N) is 1. The van der Waals surface area contributed by atoms with Gasteiger partial charge in [-0.3, -0.25) is 0 Å². The highest BCUT2D eigenvalue weighted by atomic mass is 19.1. The molecule has 0 radical (unpaired) electrons. The van der Waals surface area contributed by atoms with E-state index in [0.29, 0.717) is 12.1 Å². The zero-order valence-corrected chi connectivity index (χ0v) is 12.0. The van der Waals surface area contributed by atoms with Gasteiger partial charge in [-0.25, -0.2) is 8.78 Å². The summed E-state index contributed by atoms with van der Waals surface area (Å²) >= 11 is 0. The van der Waals surface area contributed by atoms with E-state index < -0.39 is 11.6 Å². The average molecular weight is 275 g/mol. The minimum absolute atomic E-state index is 0.169. The molecule has 0 amide bonds. The zero-order chi connectivity index (χ0) is 14.7. The van der Waals surface area contributed by atoms with E-state index in [9.17, 15) is 8.78 Å². The van der Waals surface area contributed by atoms with Crippen LogP contribution in [0, 0.1) is 25.5 Å². The molecule has 2 aromatic carbocycles. The molecule has 0 saturated heterocycles. The lowest BCUT2D eigenvalue weighted by molar-refractivity contribution is 0.517. The van der Waals surface area contributed by atoms with E-state index in [1.807, 2.05) is 6.92 Å². The van der Waals surface area contributed by atoms with Gasteiger partial charge in [0.15, 0.2) is 0 Å². The zero-order valence-electron chi connectivity index (χ0n) is 12.0. The Morgan fingerprint density at radius 3 is 2.40 bits per heavy atom. The first-order valence-corrected chi connectivity index (χ1v) is 6.72. The van der Waals surface area contributed by atoms with Crippen molar-refractivity contribution in [3.05, 3.63) is 70.3 Å². The highest BCUT2D eigenvalue weighted by molar-refractivity contribution is 5.30. The van der Waals surface area contributed by atoms with Crippen LogP contribution in [0.4, 0.5) is 8.78 Å². The van der Waals surface area contributed by atoms with E-state index in [1.54, 1.807) is 0 Å². The number of rotatable bonds is 4. The monoisotopic (exact) mass is 275 g/mol. The van der Waals surface area contributed by atoms with Crippen molar-refractivity contribution in [2.45, 2.75) is 33.4 Å². The fourth-order valence-corrected chi connectivity index (χ4v) is 2.15. The predicted octanol–water partition coefficient (Wildman–Crippen LogP) is 4.43. The molecule has 0 saturated carbocycles. The summed E-state index contributed by atoms with van der Waals surface area (Å²) < 4.78 is 26.5. The molecule has 2 rings (SSSR count). The van der Waals surface area contributed by atoms with Crippen molar-refractivity contribution in [3.8, 4) is 0 Å². The van der Waals surface area contributed by atoms with Crippen LogP contribution in [0.1, 0.15) is 35.2 Å². The van der Waals surface area contributed by atoms with Crippen LogP contribution in [0.25, 0.3) is 0 Å². The standard InChI is InChI=1S/C17H19F2N/c1-11-4-5-14(8-12(11)2)10-20-13(3)16-7-6-15(18)9-17(16)19/h4-9,13,20H,10H2,1-3H3. The Kier molecular flexibility index (Phi) is 4.50. The second-order valence-electron chi connectivity index (χ2n) is 5.19. The number of hydrogen-bond donors (Lipinski definition) is 1. The summed E-state index contributed by atoms with van der Waals surface area (Å²) in [5, 5.41) is 3.26. The number of hydrogen-bond acceptors (Lipinski definition) is 1. The Morgan fingerprint density at radius 1 is 1.00 bits per heavy atom. The number of aryl methyl sites for hydroxylation is 2. The molecule has 1 atom stereocenters. The van der Waals surface area contributed by atoms with E-state index >= 15 is 0 Å². The molecular weight excluding hydrogens is 256 g/mol. The first-order chi connectivity index (χ1) is 9.47. The Hall–Kier alpha value is -1.74. The molecule has 3 heteroatoms. The number of benzene rings is 2. The molecule has 0 heterocycles. The van der Waals surface area contributed by atoms with Gasteiger partial charge in [0, 0.05) is 24.2 Å². The lowest BCUT2D eigenvalue weighted by Crippen LogP contribution is -2.19. The first kappa shape index (κ1) is 14.7. The largest absolute Gasteiger partial charge is 0.306 e. The maximum Gasteiger partial charge on any atom is 0.130 e. The fourth-order valence-electron chi connectivity index (χ4n) is 2.15. The predicted molar refractivity (Wildman–Crippen MR) is 77.5 cm³/mol. The molecule has 0 spiro atoms. The topological polar surface area (TPSA) is 12.0 Å². The van der Waals surface area contributed by atoms with Crippen molar-refractivity contribution in [3.63, 3.8) is 0 Å². The van der Waals surface area contributed by atoms with Crippen LogP contribution >= 0.6 is 0 Å². The number of halogens is 2. The lowest BCUT2D eigenvalue weighted by Gasteiger charge is -2.15. The van der Waals surface area contributed by atoms with E-state index in [0.717, 1.165) is 11.6 Å². The van der Waals surface area contributed by atoms with Gasteiger partial charge < -0.3 is 5.32 Å². The van der Waals surface area contributed by atoms with Crippen molar-refractivity contribution in [2.75, 3.05) is 0 Å². The molecule has 0 aliphatic carbocycles. The maximum atomic E-state index is 13.7. The van der Waals surface area contributed by atoms with Gasteiger partial charge in [0.05, 0.1) is 0 Å². The van der Waals surface area contributed by atoms with Crippen LogP contribution < -0.4 is 5.32 Å². The summed E-state index contributed by atoms with van der Waals surface area (Å²) in [5.74, 6) is -1.06. The fraction of sp³-hybridized carbons (Fsp3) is 0.294. The Morgan fingerprint density at radius 2 is 1.75 bits per heavy atom. The van der Waals surface area contributed by atoms with Gasteiger partial charge in [0.1, 0.15) is 11.6 Å². The molecule has 1 nitrogen and oxygen atoms in total. The van der Waals surface area contributed by atoms with Crippen molar-refractivity contribution < 1.29 is 8.78 Å². The summed E-state index contributed by atoms with van der Waals surface area (Å²) in [4.78, 5) is 0. The molecule has 0 fully saturated rings. The van der Waals surface area contributed by atoms with E-state index in [1.165, 1.54) is 23.3 Å². The van der Waals surface area contributed by atoms with Gasteiger partial charge in [-0.05, 0) is 43.5 Å². The van der Waals surface area contributed by atoms with Crippen molar-refractivity contribution in [2.24, 2.45) is 0 Å². The highest BCUT2D eigenvalue weighted by Crippen LogP contribution is 2.18. The summed E-state index contributed by atoms with van der Waals surface area (Å²) in [5.41, 5.74) is 4.13. The second-order valence-corrected chi connectivity index (χ2v) is 5.19. The minimum atomic E-state index is -0.549. The van der Waals surface area contributed by atoms with E-state index in [-0.39, 0.29) is 6.04 Å². The van der Waals surface area contributed by atoms with Crippen LogP contribution in [0.5, 0.6) is 0 Å². The van der Waals surface area contributed by atoms with E-state index in [4.69, 9.17) is 0 Å². The SMILES string of the molecule is Cc1ccc(CNC(C)c2ccc(F)cc2F)cc1C. The van der Waals surface area contributed by atoms with Crippen molar-refractivity contribution in [1.29, 1.82) is 0 Å². The van der Waals surface area contributed by atoms with Crippen LogP contribution in [-0.4, -0.2) is 0 Å². The minimum Gasteiger partial charge on any atom is -0.306 e. The maximum absolute atomic E-state index is 13.7. The molecule has 106 valence electrons. The van der Waals surface area contributed by atoms with Crippen LogP contribution in [0.2, 0.25) is 0 Å². The van der Waals surface area contributed by atoms with Crippen LogP contribution in [-0.2, 0) is 6.54 Å². The van der Waals surface area contributed by atoms with Crippen molar-refractivity contribution >= 4 is 0 Å². The summed E-state index contributed by atoms with van der Waals surface area (Å²) in [6.07, 6.45) is 0. The highest BCUT2D eigenvalue weighted by Gasteiger charge is 2.11. The molecule has 1 N–H and O–H groups in total. The molecule has 0 aromatic heterocycles. The van der Waals surface area contributed by atoms with Gasteiger partial charge in [0.2, 0.25) is 0 Å². The third kappa shape index (κ3) is 3.42. The molecule has 2 aromatic rings. The Labute approximate surface area is 118 Å². The Bertz CT molecular complexity index is 608. The molecule has 20 heavy (non-hydrogen) atoms. The molecule has 0 aliphatic heterocycles. The van der Waals surface area contributed by atoms with Gasteiger partial charge in [-0.15, -0.1) is 0 Å². The summed E-state index contributed by atoms with van der Waals surface area (Å²) in [6.45, 7) is 6.67. The first-order valence-electron chi connectivity index (χ1n) is 6.72. The average Bonchev–Trinajstić information content (AvgIpc) is 2.40. The third-order valence-corrected chi connectivity index (χ3v) is 3.61. The lowest BCUT2D eigenvalue weighted by atomic mass is 10.0. The van der Waals surface area contributed by atoms with Crippen LogP contribution in [0.3, 0.4) is 0 Å². The molecule has 1 unspecified atom stereocenters. The molecule has 0 bridgehead atoms. The smallest absolute Gasteiger partial charge is 0.130 e. The van der Waals surface area contributed by atoms with Gasteiger partial charge in [-0.1, -0.05) is 24.3 Å². The van der Waals surface area contributed by atoms with Gasteiger partial charge in [0.25, 0.3) is 0 Å². The quantitative estimate of drug-likeness (QED) is 0.870. The second kappa shape index (κ2) is 6.14. The normalized spacial score (nSPS) is 12.4. The van der Waals surface area contributed by atoms with Crippen LogP contribution in [0.15, 0.2) is 36.4 Å². The summed E-state index contributed by atoms with van der Waals surface area (Å²) in [6, 6.07) is 9.78. The molecule has 0 aliphatic rings. The van der Waals surface area contributed by atoms with Gasteiger partial charge in [-0.2, -0.15) is 0 Å². The summed E-state index contributed by atoms with van der Waals surface area (Å²) in [7, 11) is 0. The van der Waals surface area contributed by atoms with E-state index in [2.05, 4.69) is 37.4 Å².